The highest BCUT2D eigenvalue weighted by Gasteiger charge is 2.10. The van der Waals surface area contributed by atoms with E-state index in [-0.39, 0.29) is 6.42 Å². The molecule has 34 heavy (non-hydrogen) atoms. The number of aryl methyl sites for hydroxylation is 1. The van der Waals surface area contributed by atoms with Crippen molar-refractivity contribution in [1.82, 2.24) is 5.43 Å². The van der Waals surface area contributed by atoms with E-state index in [1.807, 2.05) is 25.1 Å². The molecule has 0 aromatic heterocycles. The molecule has 2 amide bonds. The fraction of sp³-hybridized carbons (Fsp3) is 0.192. The van der Waals surface area contributed by atoms with Crippen molar-refractivity contribution in [1.29, 1.82) is 0 Å². The normalized spacial score (nSPS) is 10.6. The van der Waals surface area contributed by atoms with E-state index in [1.54, 1.807) is 56.7 Å². The van der Waals surface area contributed by atoms with Crippen LogP contribution in [0.2, 0.25) is 0 Å². The minimum Gasteiger partial charge on any atom is -0.497 e. The number of hydrogen-bond acceptors (Lipinski definition) is 6. The van der Waals surface area contributed by atoms with E-state index in [9.17, 15) is 9.59 Å². The van der Waals surface area contributed by atoms with Gasteiger partial charge in [-0.3, -0.25) is 9.59 Å². The predicted molar refractivity (Wildman–Crippen MR) is 130 cm³/mol. The molecule has 0 aliphatic heterocycles. The Labute approximate surface area is 198 Å². The van der Waals surface area contributed by atoms with Crippen LogP contribution in [0.5, 0.6) is 17.2 Å². The van der Waals surface area contributed by atoms with Gasteiger partial charge >= 0.3 is 0 Å². The van der Waals surface area contributed by atoms with Crippen LogP contribution >= 0.6 is 0 Å². The number of rotatable bonds is 10. The highest BCUT2D eigenvalue weighted by molar-refractivity contribution is 6.03. The lowest BCUT2D eigenvalue weighted by atomic mass is 10.1. The number of hydrogen-bond donors (Lipinski definition) is 2. The van der Waals surface area contributed by atoms with Gasteiger partial charge in [-0.05, 0) is 60.5 Å². The molecule has 2 N–H and O–H groups in total. The Morgan fingerprint density at radius 3 is 2.41 bits per heavy atom. The summed E-state index contributed by atoms with van der Waals surface area (Å²) in [7, 11) is 3.11. The van der Waals surface area contributed by atoms with Crippen molar-refractivity contribution in [2.45, 2.75) is 20.0 Å². The summed E-state index contributed by atoms with van der Waals surface area (Å²) in [6, 6.07) is 20.2. The molecule has 8 nitrogen and oxygen atoms in total. The molecule has 0 aliphatic carbocycles. The number of carbonyl (C=O) groups is 2. The van der Waals surface area contributed by atoms with Crippen LogP contribution in [0.15, 0.2) is 71.8 Å². The Morgan fingerprint density at radius 2 is 1.71 bits per heavy atom. The van der Waals surface area contributed by atoms with Crippen LogP contribution in [0, 0.1) is 6.92 Å². The van der Waals surface area contributed by atoms with Gasteiger partial charge in [0.25, 0.3) is 0 Å². The first-order valence-electron chi connectivity index (χ1n) is 10.6. The van der Waals surface area contributed by atoms with Gasteiger partial charge in [-0.15, -0.1) is 0 Å². The average Bonchev–Trinajstić information content (AvgIpc) is 2.83. The lowest BCUT2D eigenvalue weighted by Crippen LogP contribution is -2.24. The summed E-state index contributed by atoms with van der Waals surface area (Å²) in [5.74, 6) is 0.830. The molecule has 0 radical (unpaired) electrons. The van der Waals surface area contributed by atoms with Crippen molar-refractivity contribution < 1.29 is 23.8 Å². The third-order valence-corrected chi connectivity index (χ3v) is 4.76. The monoisotopic (exact) mass is 461 g/mol. The maximum Gasteiger partial charge on any atom is 0.249 e. The molecule has 0 saturated carbocycles. The summed E-state index contributed by atoms with van der Waals surface area (Å²) in [6.45, 7) is 2.45. The first kappa shape index (κ1) is 24.3. The molecule has 0 fully saturated rings. The molecule has 0 aliphatic rings. The number of hydrazone groups is 1. The van der Waals surface area contributed by atoms with Gasteiger partial charge in [0.1, 0.15) is 18.8 Å². The summed E-state index contributed by atoms with van der Waals surface area (Å²) >= 11 is 0. The van der Waals surface area contributed by atoms with Gasteiger partial charge in [-0.25, -0.2) is 5.43 Å². The van der Waals surface area contributed by atoms with Crippen LogP contribution < -0.4 is 25.0 Å². The molecule has 3 aromatic carbocycles. The van der Waals surface area contributed by atoms with Crippen LogP contribution in [0.3, 0.4) is 0 Å². The maximum atomic E-state index is 12.0. The second kappa shape index (κ2) is 12.1. The molecule has 0 unspecified atom stereocenters. The smallest absolute Gasteiger partial charge is 0.249 e. The molecular formula is C26H27N3O5. The van der Waals surface area contributed by atoms with Crippen molar-refractivity contribution in [3.05, 3.63) is 83.4 Å². The number of anilines is 1. The zero-order valence-corrected chi connectivity index (χ0v) is 19.3. The summed E-state index contributed by atoms with van der Waals surface area (Å²) in [5.41, 5.74) is 5.84. The molecule has 3 rings (SSSR count). The number of ether oxygens (including phenoxy) is 3. The van der Waals surface area contributed by atoms with Gasteiger partial charge in [-0.1, -0.05) is 29.8 Å². The Hall–Kier alpha value is -4.33. The Balaban J connectivity index is 1.50. The quantitative estimate of drug-likeness (QED) is 0.269. The third kappa shape index (κ3) is 7.37. The standard InChI is InChI=1S/C26H27N3O5/c1-18-5-4-6-20(13-18)17-34-23-12-7-19(14-24(23)33-3)16-27-29-26(31)15-25(30)28-21-8-10-22(32-2)11-9-21/h4-14,16H,15,17H2,1-3H3,(H,28,30)(H,29,31). The topological polar surface area (TPSA) is 98.2 Å². The molecule has 0 bridgehead atoms. The molecule has 8 heteroatoms. The fourth-order valence-electron chi connectivity index (χ4n) is 3.09. The van der Waals surface area contributed by atoms with E-state index < -0.39 is 11.8 Å². The highest BCUT2D eigenvalue weighted by Crippen LogP contribution is 2.28. The van der Waals surface area contributed by atoms with Crippen molar-refractivity contribution in [2.24, 2.45) is 5.10 Å². The Morgan fingerprint density at radius 1 is 0.912 bits per heavy atom. The summed E-state index contributed by atoms with van der Waals surface area (Å²) in [4.78, 5) is 24.0. The molecule has 0 atom stereocenters. The van der Waals surface area contributed by atoms with E-state index in [1.165, 1.54) is 11.8 Å². The van der Waals surface area contributed by atoms with Gasteiger partial charge in [0.2, 0.25) is 11.8 Å². The van der Waals surface area contributed by atoms with Gasteiger partial charge in [0, 0.05) is 5.69 Å². The zero-order chi connectivity index (χ0) is 24.3. The number of nitrogens with one attached hydrogen (secondary N) is 2. The second-order valence-corrected chi connectivity index (χ2v) is 7.43. The van der Waals surface area contributed by atoms with Crippen molar-refractivity contribution in [2.75, 3.05) is 19.5 Å². The van der Waals surface area contributed by atoms with Crippen LogP contribution in [0.4, 0.5) is 5.69 Å². The lowest BCUT2D eigenvalue weighted by Gasteiger charge is -2.11. The summed E-state index contributed by atoms with van der Waals surface area (Å²) < 4.78 is 16.4. The predicted octanol–water partition coefficient (Wildman–Crippen LogP) is 4.07. The maximum absolute atomic E-state index is 12.0. The molecular weight excluding hydrogens is 434 g/mol. The SMILES string of the molecule is COc1ccc(NC(=O)CC(=O)NN=Cc2ccc(OCc3cccc(C)c3)c(OC)c2)cc1. The van der Waals surface area contributed by atoms with E-state index in [0.29, 0.717) is 35.1 Å². The average molecular weight is 462 g/mol. The first-order valence-corrected chi connectivity index (χ1v) is 10.6. The number of carbonyl (C=O) groups excluding carboxylic acids is 2. The molecule has 3 aromatic rings. The zero-order valence-electron chi connectivity index (χ0n) is 19.3. The van der Waals surface area contributed by atoms with E-state index in [4.69, 9.17) is 14.2 Å². The van der Waals surface area contributed by atoms with E-state index >= 15 is 0 Å². The van der Waals surface area contributed by atoms with Crippen molar-refractivity contribution in [3.63, 3.8) is 0 Å². The van der Waals surface area contributed by atoms with Crippen molar-refractivity contribution >= 4 is 23.7 Å². The highest BCUT2D eigenvalue weighted by atomic mass is 16.5. The number of methoxy groups -OCH3 is 2. The summed E-state index contributed by atoms with van der Waals surface area (Å²) in [6.07, 6.45) is 1.10. The van der Waals surface area contributed by atoms with E-state index in [0.717, 1.165) is 5.56 Å². The van der Waals surface area contributed by atoms with Gasteiger partial charge in [-0.2, -0.15) is 5.10 Å². The second-order valence-electron chi connectivity index (χ2n) is 7.43. The minimum atomic E-state index is -0.535. The number of benzene rings is 3. The van der Waals surface area contributed by atoms with Crippen molar-refractivity contribution in [3.8, 4) is 17.2 Å². The molecule has 0 spiro atoms. The Kier molecular flexibility index (Phi) is 8.62. The largest absolute Gasteiger partial charge is 0.497 e. The van der Waals surface area contributed by atoms with Crippen LogP contribution in [0.1, 0.15) is 23.1 Å². The number of amides is 2. The van der Waals surface area contributed by atoms with Crippen LogP contribution in [0.25, 0.3) is 0 Å². The van der Waals surface area contributed by atoms with E-state index in [2.05, 4.69) is 21.9 Å². The number of nitrogens with zero attached hydrogens (tertiary/aromatic N) is 1. The van der Waals surface area contributed by atoms with Gasteiger partial charge in [0.05, 0.1) is 20.4 Å². The fourth-order valence-corrected chi connectivity index (χ4v) is 3.09. The third-order valence-electron chi connectivity index (χ3n) is 4.76. The Bertz CT molecular complexity index is 1160. The summed E-state index contributed by atoms with van der Waals surface area (Å²) in [5, 5.41) is 6.56. The van der Waals surface area contributed by atoms with Gasteiger partial charge < -0.3 is 19.5 Å². The lowest BCUT2D eigenvalue weighted by molar-refractivity contribution is -0.126. The van der Waals surface area contributed by atoms with Crippen LogP contribution in [-0.2, 0) is 16.2 Å². The molecule has 0 heterocycles. The molecule has 0 saturated heterocycles. The minimum absolute atomic E-state index is 0.363. The molecule has 176 valence electrons. The first-order chi connectivity index (χ1) is 16.5. The van der Waals surface area contributed by atoms with Crippen LogP contribution in [-0.4, -0.2) is 32.2 Å². The van der Waals surface area contributed by atoms with Gasteiger partial charge in [0.15, 0.2) is 11.5 Å².